The number of carbonyl (C=O) groups excluding carboxylic acids is 3. The Morgan fingerprint density at radius 2 is 1.93 bits per heavy atom. The first-order valence-corrected chi connectivity index (χ1v) is 9.97. The van der Waals surface area contributed by atoms with Gasteiger partial charge in [0.05, 0.1) is 0 Å². The fourth-order valence-corrected chi connectivity index (χ4v) is 3.70. The van der Waals surface area contributed by atoms with E-state index in [0.717, 1.165) is 24.2 Å². The van der Waals surface area contributed by atoms with E-state index in [4.69, 9.17) is 11.6 Å². The van der Waals surface area contributed by atoms with Crippen molar-refractivity contribution >= 4 is 29.4 Å². The van der Waals surface area contributed by atoms with Crippen molar-refractivity contribution in [2.45, 2.75) is 45.1 Å². The van der Waals surface area contributed by atoms with Crippen LogP contribution in [0.2, 0.25) is 5.02 Å². The number of amides is 4. The molecule has 1 aromatic rings. The van der Waals surface area contributed by atoms with Gasteiger partial charge in [0.2, 0.25) is 5.91 Å². The molecular weight excluding hydrogens is 366 g/mol. The van der Waals surface area contributed by atoms with Gasteiger partial charge in [0.25, 0.3) is 5.91 Å². The molecule has 1 aliphatic heterocycles. The summed E-state index contributed by atoms with van der Waals surface area (Å²) in [6, 6.07) is 6.35. The normalized spacial score (nSPS) is 22.1. The molecule has 1 aromatic carbocycles. The van der Waals surface area contributed by atoms with Crippen LogP contribution in [-0.2, 0) is 15.1 Å². The molecule has 1 aliphatic carbocycles. The maximum Gasteiger partial charge on any atom is 0.325 e. The third-order valence-electron chi connectivity index (χ3n) is 5.36. The number of nitrogens with zero attached hydrogens (tertiary/aromatic N) is 2. The average molecular weight is 392 g/mol. The maximum absolute atomic E-state index is 13.1. The minimum atomic E-state index is -1.14. The number of nitrogens with one attached hydrogen (secondary N) is 1. The molecule has 1 unspecified atom stereocenters. The van der Waals surface area contributed by atoms with E-state index in [1.54, 1.807) is 29.2 Å². The van der Waals surface area contributed by atoms with Crippen molar-refractivity contribution in [2.24, 2.45) is 5.92 Å². The topological polar surface area (TPSA) is 69.7 Å². The summed E-state index contributed by atoms with van der Waals surface area (Å²) in [5.74, 6) is 0.0104. The summed E-state index contributed by atoms with van der Waals surface area (Å²) in [4.78, 5) is 41.3. The van der Waals surface area contributed by atoms with Gasteiger partial charge in [-0.15, -0.1) is 0 Å². The summed E-state index contributed by atoms with van der Waals surface area (Å²) in [6.07, 6.45) is 3.53. The molecule has 146 valence electrons. The lowest BCUT2D eigenvalue weighted by Crippen LogP contribution is -2.46. The number of benzene rings is 1. The third kappa shape index (κ3) is 3.95. The third-order valence-corrected chi connectivity index (χ3v) is 5.61. The van der Waals surface area contributed by atoms with Crippen LogP contribution >= 0.6 is 11.6 Å². The first-order chi connectivity index (χ1) is 12.9. The van der Waals surface area contributed by atoms with Crippen molar-refractivity contribution in [3.8, 4) is 0 Å². The number of carbonyl (C=O) groups is 3. The van der Waals surface area contributed by atoms with Crippen molar-refractivity contribution in [2.75, 3.05) is 19.6 Å². The van der Waals surface area contributed by atoms with Gasteiger partial charge in [-0.05, 0) is 49.3 Å². The van der Waals surface area contributed by atoms with Crippen LogP contribution in [0, 0.1) is 5.92 Å². The monoisotopic (exact) mass is 391 g/mol. The number of hydrogen-bond donors (Lipinski definition) is 1. The Kier molecular flexibility index (Phi) is 5.75. The van der Waals surface area contributed by atoms with Gasteiger partial charge in [-0.1, -0.05) is 37.6 Å². The molecule has 0 spiro atoms. The van der Waals surface area contributed by atoms with Crippen LogP contribution in [0.25, 0.3) is 0 Å². The SMILES string of the molecule is CCCN(CC1CC1)C(=O)CN1C(=O)NC(CC)(c2ccc(Cl)cc2)C1=O. The lowest BCUT2D eigenvalue weighted by atomic mass is 9.87. The van der Waals surface area contributed by atoms with Crippen molar-refractivity contribution < 1.29 is 14.4 Å². The molecule has 7 heteroatoms. The zero-order chi connectivity index (χ0) is 19.6. The van der Waals surface area contributed by atoms with Gasteiger partial charge >= 0.3 is 6.03 Å². The van der Waals surface area contributed by atoms with E-state index >= 15 is 0 Å². The fraction of sp³-hybridized carbons (Fsp3) is 0.550. The zero-order valence-electron chi connectivity index (χ0n) is 15.8. The highest BCUT2D eigenvalue weighted by molar-refractivity contribution is 6.30. The lowest BCUT2D eigenvalue weighted by molar-refractivity contribution is -0.139. The van der Waals surface area contributed by atoms with Gasteiger partial charge in [0.15, 0.2) is 0 Å². The molecule has 1 heterocycles. The van der Waals surface area contributed by atoms with Gasteiger partial charge in [-0.3, -0.25) is 14.5 Å². The number of rotatable bonds is 8. The quantitative estimate of drug-likeness (QED) is 0.692. The molecule has 1 atom stereocenters. The molecule has 6 nitrogen and oxygen atoms in total. The zero-order valence-corrected chi connectivity index (χ0v) is 16.6. The number of urea groups is 1. The molecule has 2 aliphatic rings. The summed E-state index contributed by atoms with van der Waals surface area (Å²) < 4.78 is 0. The van der Waals surface area contributed by atoms with E-state index in [9.17, 15) is 14.4 Å². The predicted octanol–water partition coefficient (Wildman–Crippen LogP) is 3.15. The Morgan fingerprint density at radius 3 is 2.48 bits per heavy atom. The van der Waals surface area contributed by atoms with Crippen molar-refractivity contribution in [3.63, 3.8) is 0 Å². The van der Waals surface area contributed by atoms with Gasteiger partial charge in [0, 0.05) is 18.1 Å². The van der Waals surface area contributed by atoms with Crippen molar-refractivity contribution in [3.05, 3.63) is 34.9 Å². The molecule has 0 radical (unpaired) electrons. The number of imide groups is 1. The van der Waals surface area contributed by atoms with E-state index in [1.165, 1.54) is 0 Å². The molecule has 1 saturated heterocycles. The van der Waals surface area contributed by atoms with Gasteiger partial charge in [0.1, 0.15) is 12.1 Å². The summed E-state index contributed by atoms with van der Waals surface area (Å²) >= 11 is 5.95. The van der Waals surface area contributed by atoms with E-state index in [2.05, 4.69) is 5.32 Å². The Bertz CT molecular complexity index is 732. The standard InChI is InChI=1S/C20H26ClN3O3/c1-3-11-23(12-14-5-6-14)17(25)13-24-18(26)20(4-2,22-19(24)27)15-7-9-16(21)10-8-15/h7-10,14H,3-6,11-13H2,1-2H3,(H,22,27). The molecule has 0 bridgehead atoms. The Balaban J connectivity index is 1.78. The molecule has 1 N–H and O–H groups in total. The highest BCUT2D eigenvalue weighted by atomic mass is 35.5. The largest absolute Gasteiger partial charge is 0.341 e. The Hall–Kier alpha value is -2.08. The first kappa shape index (κ1) is 19.7. The second-order valence-electron chi connectivity index (χ2n) is 7.37. The van der Waals surface area contributed by atoms with Crippen LogP contribution in [0.5, 0.6) is 0 Å². The van der Waals surface area contributed by atoms with Crippen LogP contribution in [0.4, 0.5) is 4.79 Å². The molecule has 1 saturated carbocycles. The van der Waals surface area contributed by atoms with Crippen molar-refractivity contribution in [1.82, 2.24) is 15.1 Å². The highest BCUT2D eigenvalue weighted by Gasteiger charge is 2.51. The van der Waals surface area contributed by atoms with Gasteiger partial charge < -0.3 is 10.2 Å². The molecule has 3 rings (SSSR count). The number of hydrogen-bond acceptors (Lipinski definition) is 3. The first-order valence-electron chi connectivity index (χ1n) is 9.59. The summed E-state index contributed by atoms with van der Waals surface area (Å²) in [5.41, 5.74) is -0.473. The predicted molar refractivity (Wildman–Crippen MR) is 103 cm³/mol. The lowest BCUT2D eigenvalue weighted by Gasteiger charge is -2.27. The minimum absolute atomic E-state index is 0.171. The molecule has 2 fully saturated rings. The van der Waals surface area contributed by atoms with Crippen LogP contribution < -0.4 is 5.32 Å². The van der Waals surface area contributed by atoms with Crippen LogP contribution in [0.3, 0.4) is 0 Å². The van der Waals surface area contributed by atoms with Gasteiger partial charge in [-0.25, -0.2) is 4.79 Å². The summed E-state index contributed by atoms with van der Waals surface area (Å²) in [6.45, 7) is 5.01. The average Bonchev–Trinajstić information content (AvgIpc) is 3.44. The highest BCUT2D eigenvalue weighted by Crippen LogP contribution is 2.33. The van der Waals surface area contributed by atoms with E-state index in [1.807, 2.05) is 13.8 Å². The van der Waals surface area contributed by atoms with Crippen LogP contribution in [0.15, 0.2) is 24.3 Å². The molecule has 4 amide bonds. The van der Waals surface area contributed by atoms with E-state index in [-0.39, 0.29) is 18.4 Å². The Morgan fingerprint density at radius 1 is 1.26 bits per heavy atom. The number of halogens is 1. The second-order valence-corrected chi connectivity index (χ2v) is 7.81. The summed E-state index contributed by atoms with van der Waals surface area (Å²) in [5, 5.41) is 3.37. The van der Waals surface area contributed by atoms with Crippen molar-refractivity contribution in [1.29, 1.82) is 0 Å². The Labute approximate surface area is 164 Å². The van der Waals surface area contributed by atoms with Gasteiger partial charge in [-0.2, -0.15) is 0 Å². The fourth-order valence-electron chi connectivity index (χ4n) is 3.58. The minimum Gasteiger partial charge on any atom is -0.341 e. The van der Waals surface area contributed by atoms with E-state index in [0.29, 0.717) is 36.0 Å². The smallest absolute Gasteiger partial charge is 0.325 e. The molecular formula is C20H26ClN3O3. The van der Waals surface area contributed by atoms with Crippen LogP contribution in [0.1, 0.15) is 45.1 Å². The summed E-state index contributed by atoms with van der Waals surface area (Å²) in [7, 11) is 0. The second kappa shape index (κ2) is 7.89. The maximum atomic E-state index is 13.1. The van der Waals surface area contributed by atoms with Crippen LogP contribution in [-0.4, -0.2) is 47.3 Å². The van der Waals surface area contributed by atoms with E-state index < -0.39 is 11.6 Å². The molecule has 0 aromatic heterocycles. The molecule has 27 heavy (non-hydrogen) atoms.